The van der Waals surface area contributed by atoms with Crippen LogP contribution in [0.3, 0.4) is 0 Å². The first-order valence-electron chi connectivity index (χ1n) is 6.21. The van der Waals surface area contributed by atoms with E-state index in [4.69, 9.17) is 0 Å². The molecule has 1 fully saturated rings. The Morgan fingerprint density at radius 1 is 1.37 bits per heavy atom. The molecule has 0 aliphatic carbocycles. The molecular weight excluding hydrogens is 254 g/mol. The fourth-order valence-electron chi connectivity index (χ4n) is 2.03. The Morgan fingerprint density at radius 3 is 2.68 bits per heavy atom. The Morgan fingerprint density at radius 2 is 2.11 bits per heavy atom. The van der Waals surface area contributed by atoms with E-state index in [1.807, 2.05) is 0 Å². The number of hydrogen-bond donors (Lipinski definition) is 2. The predicted molar refractivity (Wildman–Crippen MR) is 66.4 cm³/mol. The number of piperidine rings is 1. The summed E-state index contributed by atoms with van der Waals surface area (Å²) in [5, 5.41) is 6.11. The average molecular weight is 270 g/mol. The SMILES string of the molecule is O=C(N[C@@H]1CCCNC1)c1ccc(OC(F)F)cc1. The standard InChI is InChI=1S/C13H16F2N2O2/c14-13(15)19-11-5-3-9(4-6-11)12(18)17-10-2-1-7-16-8-10/h3-6,10,13,16H,1-2,7-8H2,(H,17,18)/t10-/m1/s1. The summed E-state index contributed by atoms with van der Waals surface area (Å²) in [4.78, 5) is 11.9. The second-order valence-electron chi connectivity index (χ2n) is 4.42. The highest BCUT2D eigenvalue weighted by Gasteiger charge is 2.16. The number of benzene rings is 1. The van der Waals surface area contributed by atoms with Crippen LogP contribution in [0.2, 0.25) is 0 Å². The molecule has 0 saturated carbocycles. The van der Waals surface area contributed by atoms with Crippen LogP contribution in [0.5, 0.6) is 5.75 Å². The van der Waals surface area contributed by atoms with Crippen LogP contribution < -0.4 is 15.4 Å². The Balaban J connectivity index is 1.91. The molecule has 1 atom stereocenters. The number of alkyl halides is 2. The summed E-state index contributed by atoms with van der Waals surface area (Å²) in [6, 6.07) is 5.80. The highest BCUT2D eigenvalue weighted by Crippen LogP contribution is 2.15. The van der Waals surface area contributed by atoms with Crippen LogP contribution in [0.15, 0.2) is 24.3 Å². The van der Waals surface area contributed by atoms with Gasteiger partial charge in [0.2, 0.25) is 0 Å². The van der Waals surface area contributed by atoms with E-state index in [0.717, 1.165) is 25.9 Å². The van der Waals surface area contributed by atoms with Gasteiger partial charge in [0.05, 0.1) is 0 Å². The van der Waals surface area contributed by atoms with Gasteiger partial charge >= 0.3 is 6.61 Å². The molecule has 1 aromatic rings. The van der Waals surface area contributed by atoms with Crippen LogP contribution in [0, 0.1) is 0 Å². The lowest BCUT2D eigenvalue weighted by Crippen LogP contribution is -2.45. The van der Waals surface area contributed by atoms with Crippen molar-refractivity contribution in [3.05, 3.63) is 29.8 Å². The lowest BCUT2D eigenvalue weighted by molar-refractivity contribution is -0.0498. The topological polar surface area (TPSA) is 50.4 Å². The Bertz CT molecular complexity index is 417. The molecule has 1 aliphatic rings. The summed E-state index contributed by atoms with van der Waals surface area (Å²) in [6.07, 6.45) is 1.98. The fraction of sp³-hybridized carbons (Fsp3) is 0.462. The Kier molecular flexibility index (Phi) is 4.68. The lowest BCUT2D eigenvalue weighted by Gasteiger charge is -2.23. The van der Waals surface area contributed by atoms with E-state index in [0.29, 0.717) is 5.56 Å². The first-order chi connectivity index (χ1) is 9.15. The molecule has 0 bridgehead atoms. The van der Waals surface area contributed by atoms with Crippen molar-refractivity contribution in [1.82, 2.24) is 10.6 Å². The summed E-state index contributed by atoms with van der Waals surface area (Å²) in [7, 11) is 0. The molecule has 1 aromatic carbocycles. The van der Waals surface area contributed by atoms with Crippen molar-refractivity contribution < 1.29 is 18.3 Å². The van der Waals surface area contributed by atoms with Crippen molar-refractivity contribution in [3.63, 3.8) is 0 Å². The maximum atomic E-state index is 12.0. The average Bonchev–Trinajstić information content (AvgIpc) is 2.40. The minimum Gasteiger partial charge on any atom is -0.435 e. The van der Waals surface area contributed by atoms with Crippen LogP contribution >= 0.6 is 0 Å². The summed E-state index contributed by atoms with van der Waals surface area (Å²) in [5.74, 6) is -0.150. The summed E-state index contributed by atoms with van der Waals surface area (Å²) in [5.41, 5.74) is 0.437. The van der Waals surface area contributed by atoms with E-state index >= 15 is 0 Å². The largest absolute Gasteiger partial charge is 0.435 e. The van der Waals surface area contributed by atoms with Gasteiger partial charge in [-0.2, -0.15) is 8.78 Å². The molecule has 0 aromatic heterocycles. The molecule has 6 heteroatoms. The van der Waals surface area contributed by atoms with Gasteiger partial charge in [0.25, 0.3) is 5.91 Å². The van der Waals surface area contributed by atoms with Crippen LogP contribution in [0.1, 0.15) is 23.2 Å². The van der Waals surface area contributed by atoms with E-state index in [2.05, 4.69) is 15.4 Å². The monoisotopic (exact) mass is 270 g/mol. The third-order valence-electron chi connectivity index (χ3n) is 2.97. The van der Waals surface area contributed by atoms with Gasteiger partial charge in [-0.15, -0.1) is 0 Å². The summed E-state index contributed by atoms with van der Waals surface area (Å²) in [6.45, 7) is -1.11. The Hall–Kier alpha value is -1.69. The smallest absolute Gasteiger partial charge is 0.387 e. The van der Waals surface area contributed by atoms with E-state index < -0.39 is 6.61 Å². The number of amides is 1. The van der Waals surface area contributed by atoms with Crippen LogP contribution in [0.4, 0.5) is 8.78 Å². The zero-order chi connectivity index (χ0) is 13.7. The van der Waals surface area contributed by atoms with Crippen molar-refractivity contribution in [2.45, 2.75) is 25.5 Å². The van der Waals surface area contributed by atoms with Gasteiger partial charge in [-0.1, -0.05) is 0 Å². The number of carbonyl (C=O) groups is 1. The third kappa shape index (κ3) is 4.17. The van der Waals surface area contributed by atoms with Gasteiger partial charge in [-0.05, 0) is 43.7 Å². The first kappa shape index (κ1) is 13.7. The molecule has 0 radical (unpaired) electrons. The maximum Gasteiger partial charge on any atom is 0.387 e. The minimum atomic E-state index is -2.85. The number of rotatable bonds is 4. The zero-order valence-corrected chi connectivity index (χ0v) is 10.4. The molecule has 1 saturated heterocycles. The molecule has 2 N–H and O–H groups in total. The van der Waals surface area contributed by atoms with Crippen molar-refractivity contribution in [2.75, 3.05) is 13.1 Å². The number of nitrogens with one attached hydrogen (secondary N) is 2. The maximum absolute atomic E-state index is 12.0. The zero-order valence-electron chi connectivity index (χ0n) is 10.4. The normalized spacial score (nSPS) is 19.2. The van der Waals surface area contributed by atoms with E-state index in [1.54, 1.807) is 0 Å². The molecule has 1 aliphatic heterocycles. The number of ether oxygens (including phenoxy) is 1. The van der Waals surface area contributed by atoms with Crippen molar-refractivity contribution >= 4 is 5.91 Å². The Labute approximate surface area is 110 Å². The van der Waals surface area contributed by atoms with Crippen molar-refractivity contribution in [3.8, 4) is 5.75 Å². The quantitative estimate of drug-likeness (QED) is 0.876. The first-order valence-corrected chi connectivity index (χ1v) is 6.21. The third-order valence-corrected chi connectivity index (χ3v) is 2.97. The highest BCUT2D eigenvalue weighted by molar-refractivity contribution is 5.94. The molecule has 1 heterocycles. The second-order valence-corrected chi connectivity index (χ2v) is 4.42. The molecule has 2 rings (SSSR count). The predicted octanol–water partition coefficient (Wildman–Crippen LogP) is 1.77. The minimum absolute atomic E-state index is 0.0471. The van der Waals surface area contributed by atoms with Crippen molar-refractivity contribution in [2.24, 2.45) is 0 Å². The molecule has 104 valence electrons. The molecule has 1 amide bonds. The van der Waals surface area contributed by atoms with Crippen molar-refractivity contribution in [1.29, 1.82) is 0 Å². The number of carbonyl (C=O) groups excluding carboxylic acids is 1. The van der Waals surface area contributed by atoms with Gasteiger partial charge in [-0.25, -0.2) is 0 Å². The molecular formula is C13H16F2N2O2. The molecule has 4 nitrogen and oxygen atoms in total. The van der Waals surface area contributed by atoms with Crippen LogP contribution in [-0.2, 0) is 0 Å². The summed E-state index contributed by atoms with van der Waals surface area (Å²) >= 11 is 0. The van der Waals surface area contributed by atoms with Gasteiger partial charge in [-0.3, -0.25) is 4.79 Å². The van der Waals surface area contributed by atoms with Crippen LogP contribution in [-0.4, -0.2) is 31.7 Å². The molecule has 0 spiro atoms. The van der Waals surface area contributed by atoms with E-state index in [-0.39, 0.29) is 17.7 Å². The van der Waals surface area contributed by atoms with Crippen LogP contribution in [0.25, 0.3) is 0 Å². The lowest BCUT2D eigenvalue weighted by atomic mass is 10.1. The fourth-order valence-corrected chi connectivity index (χ4v) is 2.03. The second kappa shape index (κ2) is 6.47. The number of hydrogen-bond acceptors (Lipinski definition) is 3. The molecule has 0 unspecified atom stereocenters. The van der Waals surface area contributed by atoms with Gasteiger partial charge in [0.1, 0.15) is 5.75 Å². The van der Waals surface area contributed by atoms with Gasteiger partial charge < -0.3 is 15.4 Å². The summed E-state index contributed by atoms with van der Waals surface area (Å²) < 4.78 is 28.2. The van der Waals surface area contributed by atoms with Gasteiger partial charge in [0.15, 0.2) is 0 Å². The van der Waals surface area contributed by atoms with E-state index in [9.17, 15) is 13.6 Å². The van der Waals surface area contributed by atoms with E-state index in [1.165, 1.54) is 24.3 Å². The van der Waals surface area contributed by atoms with Gasteiger partial charge in [0, 0.05) is 18.2 Å². The molecule has 19 heavy (non-hydrogen) atoms. The highest BCUT2D eigenvalue weighted by atomic mass is 19.3. The number of halogens is 2.